The first-order chi connectivity index (χ1) is 16.9. The zero-order valence-electron chi connectivity index (χ0n) is 19.1. The number of amides is 3. The highest BCUT2D eigenvalue weighted by molar-refractivity contribution is 7.98. The van der Waals surface area contributed by atoms with Crippen molar-refractivity contribution in [3.05, 3.63) is 76.6 Å². The summed E-state index contributed by atoms with van der Waals surface area (Å²) >= 11 is 1.51. The van der Waals surface area contributed by atoms with E-state index in [4.69, 9.17) is 9.47 Å². The summed E-state index contributed by atoms with van der Waals surface area (Å²) in [5, 5.41) is 3.19. The number of hydrazine groups is 1. The lowest BCUT2D eigenvalue weighted by Crippen LogP contribution is -2.46. The first kappa shape index (κ1) is 24.0. The van der Waals surface area contributed by atoms with Gasteiger partial charge in [0.2, 0.25) is 6.79 Å². The molecule has 2 aromatic carbocycles. The Morgan fingerprint density at radius 3 is 2.29 bits per heavy atom. The Labute approximate surface area is 205 Å². The summed E-state index contributed by atoms with van der Waals surface area (Å²) in [5.41, 5.74) is 8.17. The monoisotopic (exact) mass is 493 g/mol. The van der Waals surface area contributed by atoms with Gasteiger partial charge in [0.15, 0.2) is 16.7 Å². The molecule has 3 N–H and O–H groups in total. The van der Waals surface area contributed by atoms with Gasteiger partial charge in [-0.1, -0.05) is 23.9 Å². The van der Waals surface area contributed by atoms with Gasteiger partial charge in [-0.05, 0) is 55.8 Å². The number of benzene rings is 2. The number of hydrogen-bond acceptors (Lipinski definition) is 8. The average Bonchev–Trinajstić information content (AvgIpc) is 3.32. The normalized spacial score (nSPS) is 11.6. The van der Waals surface area contributed by atoms with E-state index in [9.17, 15) is 14.4 Å². The van der Waals surface area contributed by atoms with Gasteiger partial charge in [0.1, 0.15) is 0 Å². The number of rotatable bonds is 7. The maximum Gasteiger partial charge on any atom is 0.269 e. The minimum atomic E-state index is -0.575. The molecule has 0 unspecified atom stereocenters. The summed E-state index contributed by atoms with van der Waals surface area (Å²) in [6, 6.07) is 13.6. The van der Waals surface area contributed by atoms with Crippen LogP contribution in [0.1, 0.15) is 37.7 Å². The number of fused-ring (bicyclic) bond motifs is 1. The van der Waals surface area contributed by atoms with E-state index in [1.807, 2.05) is 32.0 Å². The van der Waals surface area contributed by atoms with Crippen LogP contribution in [-0.2, 0) is 10.5 Å². The number of nitrogens with one attached hydrogen (secondary N) is 3. The van der Waals surface area contributed by atoms with E-state index in [-0.39, 0.29) is 13.3 Å². The number of carbonyl (C=O) groups excluding carboxylic acids is 3. The SMILES string of the molecule is Cc1cc(C)nc(SCc2ccc(C(=O)NNC(=O)CNC(=O)c3ccc4c(c3)OCO4)cc2)n1. The molecule has 2 heterocycles. The molecule has 3 aromatic rings. The molecule has 1 aliphatic rings. The molecule has 0 spiro atoms. The fourth-order valence-electron chi connectivity index (χ4n) is 3.20. The Morgan fingerprint density at radius 1 is 0.857 bits per heavy atom. The quantitative estimate of drug-likeness (QED) is 0.260. The predicted octanol–water partition coefficient (Wildman–Crippen LogP) is 2.31. The van der Waals surface area contributed by atoms with Gasteiger partial charge in [-0.15, -0.1) is 0 Å². The Bertz CT molecular complexity index is 1250. The highest BCUT2D eigenvalue weighted by Gasteiger charge is 2.17. The van der Waals surface area contributed by atoms with E-state index < -0.39 is 17.7 Å². The highest BCUT2D eigenvalue weighted by Crippen LogP contribution is 2.32. The molecule has 0 saturated heterocycles. The van der Waals surface area contributed by atoms with Gasteiger partial charge in [-0.25, -0.2) is 9.97 Å². The maximum absolute atomic E-state index is 12.3. The van der Waals surface area contributed by atoms with Gasteiger partial charge < -0.3 is 14.8 Å². The fourth-order valence-corrected chi connectivity index (χ4v) is 4.11. The Hall–Kier alpha value is -4.12. The number of carbonyl (C=O) groups is 3. The number of hydrogen-bond donors (Lipinski definition) is 3. The van der Waals surface area contributed by atoms with Crippen LogP contribution < -0.4 is 25.6 Å². The molecule has 0 radical (unpaired) electrons. The van der Waals surface area contributed by atoms with Crippen molar-refractivity contribution in [3.63, 3.8) is 0 Å². The molecule has 0 bridgehead atoms. The van der Waals surface area contributed by atoms with Gasteiger partial charge in [-0.2, -0.15) is 0 Å². The Kier molecular flexibility index (Phi) is 7.46. The zero-order chi connectivity index (χ0) is 24.8. The topological polar surface area (TPSA) is 132 Å². The summed E-state index contributed by atoms with van der Waals surface area (Å²) in [5.74, 6) is 0.183. The van der Waals surface area contributed by atoms with Crippen LogP contribution in [0.4, 0.5) is 0 Å². The number of aromatic nitrogens is 2. The molecule has 0 atom stereocenters. The Morgan fingerprint density at radius 2 is 1.54 bits per heavy atom. The van der Waals surface area contributed by atoms with Crippen molar-refractivity contribution < 1.29 is 23.9 Å². The minimum absolute atomic E-state index is 0.103. The largest absolute Gasteiger partial charge is 0.454 e. The first-order valence-electron chi connectivity index (χ1n) is 10.7. The molecule has 11 heteroatoms. The lowest BCUT2D eigenvalue weighted by atomic mass is 10.1. The molecule has 0 aliphatic carbocycles. The number of nitrogens with zero attached hydrogens (tertiary/aromatic N) is 2. The third-order valence-corrected chi connectivity index (χ3v) is 5.82. The third-order valence-electron chi connectivity index (χ3n) is 4.91. The van der Waals surface area contributed by atoms with Gasteiger partial charge in [0.25, 0.3) is 17.7 Å². The summed E-state index contributed by atoms with van der Waals surface area (Å²) in [6.45, 7) is 3.65. The molecule has 1 aromatic heterocycles. The van der Waals surface area contributed by atoms with E-state index in [0.29, 0.717) is 33.5 Å². The standard InChI is InChI=1S/C24H23N5O5S/c1-14-9-15(2)27-24(26-14)35-12-16-3-5-17(6-4-16)23(32)29-28-21(30)11-25-22(31)18-7-8-19-20(10-18)34-13-33-19/h3-10H,11-13H2,1-2H3,(H,25,31)(H,28,30)(H,29,32). The Balaban J connectivity index is 1.20. The molecule has 1 aliphatic heterocycles. The number of thioether (sulfide) groups is 1. The maximum atomic E-state index is 12.3. The van der Waals surface area contributed by atoms with E-state index in [1.54, 1.807) is 24.3 Å². The van der Waals surface area contributed by atoms with Crippen LogP contribution in [0, 0.1) is 13.8 Å². The van der Waals surface area contributed by atoms with Crippen LogP contribution in [0.3, 0.4) is 0 Å². The number of aryl methyl sites for hydroxylation is 2. The molecule has 0 fully saturated rings. The van der Waals surface area contributed by atoms with Crippen molar-refractivity contribution in [3.8, 4) is 11.5 Å². The summed E-state index contributed by atoms with van der Waals surface area (Å²) in [7, 11) is 0. The van der Waals surface area contributed by atoms with E-state index >= 15 is 0 Å². The second-order valence-electron chi connectivity index (χ2n) is 7.67. The van der Waals surface area contributed by atoms with Crippen molar-refractivity contribution in [2.45, 2.75) is 24.8 Å². The fraction of sp³-hybridized carbons (Fsp3) is 0.208. The zero-order valence-corrected chi connectivity index (χ0v) is 19.9. The number of ether oxygens (including phenoxy) is 2. The lowest BCUT2D eigenvalue weighted by Gasteiger charge is -2.09. The third kappa shape index (κ3) is 6.48. The second-order valence-corrected chi connectivity index (χ2v) is 8.61. The van der Waals surface area contributed by atoms with Gasteiger partial charge in [0.05, 0.1) is 6.54 Å². The van der Waals surface area contributed by atoms with Gasteiger partial charge >= 0.3 is 0 Å². The van der Waals surface area contributed by atoms with Crippen LogP contribution in [0.15, 0.2) is 53.7 Å². The molecule has 180 valence electrons. The smallest absolute Gasteiger partial charge is 0.269 e. The van der Waals surface area contributed by atoms with E-state index in [0.717, 1.165) is 17.0 Å². The molecular formula is C24H23N5O5S. The molecule has 0 saturated carbocycles. The summed E-state index contributed by atoms with van der Waals surface area (Å²) < 4.78 is 10.4. The van der Waals surface area contributed by atoms with Crippen molar-refractivity contribution in [1.29, 1.82) is 0 Å². The predicted molar refractivity (Wildman–Crippen MR) is 128 cm³/mol. The van der Waals surface area contributed by atoms with Crippen molar-refractivity contribution >= 4 is 29.5 Å². The summed E-state index contributed by atoms with van der Waals surface area (Å²) in [6.07, 6.45) is 0. The van der Waals surface area contributed by atoms with Crippen LogP contribution in [0.5, 0.6) is 11.5 Å². The molecule has 3 amide bonds. The van der Waals surface area contributed by atoms with Crippen LogP contribution in [0.2, 0.25) is 0 Å². The van der Waals surface area contributed by atoms with Crippen molar-refractivity contribution in [2.75, 3.05) is 13.3 Å². The van der Waals surface area contributed by atoms with Crippen molar-refractivity contribution in [2.24, 2.45) is 0 Å². The minimum Gasteiger partial charge on any atom is -0.454 e. The van der Waals surface area contributed by atoms with Crippen LogP contribution >= 0.6 is 11.8 Å². The first-order valence-corrected chi connectivity index (χ1v) is 11.7. The molecule has 4 rings (SSSR count). The summed E-state index contributed by atoms with van der Waals surface area (Å²) in [4.78, 5) is 45.4. The average molecular weight is 494 g/mol. The van der Waals surface area contributed by atoms with E-state index in [2.05, 4.69) is 26.1 Å². The van der Waals surface area contributed by atoms with E-state index in [1.165, 1.54) is 17.8 Å². The van der Waals surface area contributed by atoms with Crippen LogP contribution in [0.25, 0.3) is 0 Å². The molecule has 10 nitrogen and oxygen atoms in total. The highest BCUT2D eigenvalue weighted by atomic mass is 32.2. The molecular weight excluding hydrogens is 470 g/mol. The van der Waals surface area contributed by atoms with Crippen molar-refractivity contribution in [1.82, 2.24) is 26.1 Å². The second kappa shape index (κ2) is 10.9. The van der Waals surface area contributed by atoms with Gasteiger partial charge in [-0.3, -0.25) is 25.2 Å². The van der Waals surface area contributed by atoms with Crippen LogP contribution in [-0.4, -0.2) is 41.0 Å². The van der Waals surface area contributed by atoms with Gasteiger partial charge in [0, 0.05) is 28.3 Å². The lowest BCUT2D eigenvalue weighted by molar-refractivity contribution is -0.120. The molecule has 35 heavy (non-hydrogen) atoms.